The van der Waals surface area contributed by atoms with Crippen LogP contribution in [0.15, 0.2) is 64.1 Å². The Hall–Kier alpha value is -4.27. The van der Waals surface area contributed by atoms with Crippen molar-refractivity contribution >= 4 is 29.4 Å². The summed E-state index contributed by atoms with van der Waals surface area (Å²) in [6, 6.07) is 14.7. The Morgan fingerprint density at radius 3 is 2.63 bits per heavy atom. The van der Waals surface area contributed by atoms with E-state index in [1.165, 1.54) is 18.3 Å². The van der Waals surface area contributed by atoms with Crippen LogP contribution in [-0.2, 0) is 9.59 Å². The predicted molar refractivity (Wildman–Crippen MR) is 111 cm³/mol. The molecule has 3 aromatic rings. The van der Waals surface area contributed by atoms with E-state index < -0.39 is 16.7 Å². The van der Waals surface area contributed by atoms with Gasteiger partial charge >= 0.3 is 11.8 Å². The first-order valence-corrected chi connectivity index (χ1v) is 8.90. The summed E-state index contributed by atoms with van der Waals surface area (Å²) in [5.74, 6) is -1.08. The smallest absolute Gasteiger partial charge is 0.329 e. The first kappa shape index (κ1) is 20.5. The number of carbonyl (C=O) groups is 2. The largest absolute Gasteiger partial charge is 0.455 e. The van der Waals surface area contributed by atoms with Gasteiger partial charge in [-0.2, -0.15) is 5.10 Å². The van der Waals surface area contributed by atoms with Crippen molar-refractivity contribution in [3.8, 4) is 11.3 Å². The van der Waals surface area contributed by atoms with E-state index in [1.807, 2.05) is 26.0 Å². The molecule has 0 fully saturated rings. The number of hydrogen-bond donors (Lipinski definition) is 2. The van der Waals surface area contributed by atoms with Crippen LogP contribution >= 0.6 is 0 Å². The summed E-state index contributed by atoms with van der Waals surface area (Å²) in [4.78, 5) is 34.3. The Morgan fingerprint density at radius 2 is 1.87 bits per heavy atom. The van der Waals surface area contributed by atoms with Gasteiger partial charge in [-0.1, -0.05) is 24.3 Å². The molecule has 0 saturated heterocycles. The molecule has 0 aliphatic heterocycles. The molecule has 0 radical (unpaired) electrons. The highest BCUT2D eigenvalue weighted by molar-refractivity contribution is 6.39. The van der Waals surface area contributed by atoms with Crippen LogP contribution in [0.5, 0.6) is 0 Å². The van der Waals surface area contributed by atoms with Gasteiger partial charge in [-0.15, -0.1) is 0 Å². The van der Waals surface area contributed by atoms with Gasteiger partial charge in [0.25, 0.3) is 5.69 Å². The number of nitro groups is 1. The molecular formula is C21H18N4O5. The molecule has 0 atom stereocenters. The number of amides is 2. The number of benzene rings is 2. The molecule has 0 aliphatic rings. The number of nitro benzene ring substituents is 1. The second-order valence-electron chi connectivity index (χ2n) is 6.48. The molecule has 9 nitrogen and oxygen atoms in total. The third kappa shape index (κ3) is 4.96. The summed E-state index contributed by atoms with van der Waals surface area (Å²) in [6.45, 7) is 3.70. The molecular weight excluding hydrogens is 388 g/mol. The van der Waals surface area contributed by atoms with Gasteiger partial charge in [0.15, 0.2) is 0 Å². The highest BCUT2D eigenvalue weighted by Crippen LogP contribution is 2.25. The Bertz CT molecular complexity index is 1150. The van der Waals surface area contributed by atoms with Crippen LogP contribution in [0.1, 0.15) is 16.9 Å². The molecule has 2 N–H and O–H groups in total. The minimum Gasteiger partial charge on any atom is -0.455 e. The molecule has 2 aromatic carbocycles. The number of rotatable bonds is 5. The highest BCUT2D eigenvalue weighted by Gasteiger charge is 2.14. The molecule has 1 aromatic heterocycles. The quantitative estimate of drug-likeness (QED) is 0.290. The van der Waals surface area contributed by atoms with Crippen molar-refractivity contribution in [1.29, 1.82) is 0 Å². The van der Waals surface area contributed by atoms with Crippen molar-refractivity contribution in [1.82, 2.24) is 5.43 Å². The number of hydrazone groups is 1. The van der Waals surface area contributed by atoms with Gasteiger partial charge < -0.3 is 9.73 Å². The average molecular weight is 406 g/mol. The van der Waals surface area contributed by atoms with Crippen LogP contribution in [-0.4, -0.2) is 23.0 Å². The fourth-order valence-electron chi connectivity index (χ4n) is 2.60. The van der Waals surface area contributed by atoms with Gasteiger partial charge in [-0.05, 0) is 43.2 Å². The van der Waals surface area contributed by atoms with Gasteiger partial charge in [0.2, 0.25) is 0 Å². The van der Waals surface area contributed by atoms with E-state index in [0.717, 1.165) is 11.1 Å². The minimum absolute atomic E-state index is 0.0544. The Kier molecular flexibility index (Phi) is 6.02. The van der Waals surface area contributed by atoms with Crippen molar-refractivity contribution in [2.45, 2.75) is 13.8 Å². The summed E-state index contributed by atoms with van der Waals surface area (Å²) >= 11 is 0. The lowest BCUT2D eigenvalue weighted by atomic mass is 10.1. The average Bonchev–Trinajstić information content (AvgIpc) is 3.19. The standard InChI is InChI=1S/C21H18N4O5/c1-13-6-7-14(2)18(10-13)23-20(26)21(27)24-22-12-17-8-9-19(30-17)15-4-3-5-16(11-15)25(28)29/h3-12H,1-2H3,(H,23,26)(H,24,27)/b22-12-. The number of furan rings is 1. The van der Waals surface area contributed by atoms with Crippen molar-refractivity contribution in [2.75, 3.05) is 5.32 Å². The van der Waals surface area contributed by atoms with Crippen LogP contribution in [0.4, 0.5) is 11.4 Å². The zero-order chi connectivity index (χ0) is 21.7. The van der Waals surface area contributed by atoms with Crippen LogP contribution in [0, 0.1) is 24.0 Å². The second-order valence-corrected chi connectivity index (χ2v) is 6.48. The molecule has 0 spiro atoms. The summed E-state index contributed by atoms with van der Waals surface area (Å²) in [7, 11) is 0. The SMILES string of the molecule is Cc1ccc(C)c(NC(=O)C(=O)N/N=C\c2ccc(-c3cccc([N+](=O)[O-])c3)o2)c1. The third-order valence-corrected chi connectivity index (χ3v) is 4.17. The lowest BCUT2D eigenvalue weighted by Gasteiger charge is -2.08. The second kappa shape index (κ2) is 8.82. The molecule has 30 heavy (non-hydrogen) atoms. The van der Waals surface area contributed by atoms with Crippen molar-refractivity contribution in [3.63, 3.8) is 0 Å². The number of carbonyl (C=O) groups excluding carboxylic acids is 2. The summed E-state index contributed by atoms with van der Waals surface area (Å²) in [5.41, 5.74) is 4.93. The van der Waals surface area contributed by atoms with Gasteiger partial charge in [-0.25, -0.2) is 5.43 Å². The first-order valence-electron chi connectivity index (χ1n) is 8.90. The number of aryl methyl sites for hydroxylation is 2. The molecule has 2 amide bonds. The van der Waals surface area contributed by atoms with E-state index in [-0.39, 0.29) is 5.69 Å². The monoisotopic (exact) mass is 406 g/mol. The summed E-state index contributed by atoms with van der Waals surface area (Å²) in [5, 5.41) is 17.1. The van der Waals surface area contributed by atoms with Gasteiger partial charge in [0, 0.05) is 23.4 Å². The van der Waals surface area contributed by atoms with Gasteiger partial charge in [0.05, 0.1) is 11.1 Å². The maximum atomic E-state index is 12.0. The lowest BCUT2D eigenvalue weighted by Crippen LogP contribution is -2.32. The summed E-state index contributed by atoms with van der Waals surface area (Å²) in [6.07, 6.45) is 1.23. The van der Waals surface area contributed by atoms with Gasteiger partial charge in [-0.3, -0.25) is 19.7 Å². The molecule has 0 saturated carbocycles. The number of non-ortho nitro benzene ring substituents is 1. The fraction of sp³-hybridized carbons (Fsp3) is 0.0952. The summed E-state index contributed by atoms with van der Waals surface area (Å²) < 4.78 is 5.55. The van der Waals surface area contributed by atoms with E-state index in [1.54, 1.807) is 30.3 Å². The molecule has 1 heterocycles. The Balaban J connectivity index is 1.61. The van der Waals surface area contributed by atoms with Crippen molar-refractivity contribution in [2.24, 2.45) is 5.10 Å². The van der Waals surface area contributed by atoms with Crippen LogP contribution in [0.2, 0.25) is 0 Å². The lowest BCUT2D eigenvalue weighted by molar-refractivity contribution is -0.384. The molecule has 9 heteroatoms. The Morgan fingerprint density at radius 1 is 1.07 bits per heavy atom. The number of hydrogen-bond acceptors (Lipinski definition) is 6. The number of nitrogens with one attached hydrogen (secondary N) is 2. The molecule has 0 aliphatic carbocycles. The van der Waals surface area contributed by atoms with Crippen molar-refractivity contribution < 1.29 is 18.9 Å². The van der Waals surface area contributed by atoms with Crippen LogP contribution in [0.25, 0.3) is 11.3 Å². The molecule has 3 rings (SSSR count). The van der Waals surface area contributed by atoms with E-state index >= 15 is 0 Å². The number of nitrogens with zero attached hydrogens (tertiary/aromatic N) is 2. The van der Waals surface area contributed by atoms with E-state index in [0.29, 0.717) is 22.8 Å². The molecule has 152 valence electrons. The van der Waals surface area contributed by atoms with Crippen molar-refractivity contribution in [3.05, 3.63) is 81.6 Å². The first-order chi connectivity index (χ1) is 14.3. The zero-order valence-corrected chi connectivity index (χ0v) is 16.2. The Labute approximate surface area is 171 Å². The van der Waals surface area contributed by atoms with E-state index in [2.05, 4.69) is 15.8 Å². The van der Waals surface area contributed by atoms with Crippen LogP contribution < -0.4 is 10.7 Å². The van der Waals surface area contributed by atoms with E-state index in [9.17, 15) is 19.7 Å². The minimum atomic E-state index is -0.933. The predicted octanol–water partition coefficient (Wildman–Crippen LogP) is 3.56. The fourth-order valence-corrected chi connectivity index (χ4v) is 2.60. The van der Waals surface area contributed by atoms with E-state index in [4.69, 9.17) is 4.42 Å². The zero-order valence-electron chi connectivity index (χ0n) is 16.2. The number of anilines is 1. The maximum absolute atomic E-state index is 12.0. The molecule has 0 bridgehead atoms. The van der Waals surface area contributed by atoms with Gasteiger partial charge in [0.1, 0.15) is 11.5 Å². The highest BCUT2D eigenvalue weighted by atomic mass is 16.6. The molecule has 0 unspecified atom stereocenters. The third-order valence-electron chi connectivity index (χ3n) is 4.17. The topological polar surface area (TPSA) is 127 Å². The maximum Gasteiger partial charge on any atom is 0.329 e. The van der Waals surface area contributed by atoms with Crippen LogP contribution in [0.3, 0.4) is 0 Å². The normalized spacial score (nSPS) is 10.7.